The summed E-state index contributed by atoms with van der Waals surface area (Å²) in [4.78, 5) is 14.2. The number of benzene rings is 1. The summed E-state index contributed by atoms with van der Waals surface area (Å²) in [6, 6.07) is 6.25. The maximum absolute atomic E-state index is 13.3. The van der Waals surface area contributed by atoms with Crippen LogP contribution in [-0.4, -0.2) is 44.4 Å². The van der Waals surface area contributed by atoms with E-state index in [2.05, 4.69) is 20.5 Å². The third-order valence-corrected chi connectivity index (χ3v) is 5.82. The van der Waals surface area contributed by atoms with Gasteiger partial charge >= 0.3 is 6.18 Å². The number of piperidine rings is 1. The molecule has 162 valence electrons. The van der Waals surface area contributed by atoms with Crippen LogP contribution in [0, 0.1) is 0 Å². The first-order valence-electron chi connectivity index (χ1n) is 10.5. The molecule has 1 saturated heterocycles. The smallest absolute Gasteiger partial charge is 0.348 e. The number of amides is 1. The summed E-state index contributed by atoms with van der Waals surface area (Å²) in [7, 11) is 0. The Morgan fingerprint density at radius 2 is 1.97 bits per heavy atom. The standard InChI is InChI=1S/C21H26F3N5O/c22-21(23,24)18-7-2-1-5-15(18)13-28-11-4-3-6-17(28)10-12-29-14-19(26-27-29)20(30)25-16-8-9-16/h1-2,5,7,14,16-17H,3-4,6,8-13H2,(H,25,30)/t17-/m1/s1. The van der Waals surface area contributed by atoms with Crippen molar-refractivity contribution in [3.63, 3.8) is 0 Å². The molecule has 2 aromatic rings. The van der Waals surface area contributed by atoms with Gasteiger partial charge in [0.2, 0.25) is 0 Å². The quantitative estimate of drug-likeness (QED) is 0.742. The van der Waals surface area contributed by atoms with Crippen LogP contribution in [0.3, 0.4) is 0 Å². The molecule has 2 heterocycles. The fraction of sp³-hybridized carbons (Fsp3) is 0.571. The Balaban J connectivity index is 1.38. The predicted molar refractivity (Wildman–Crippen MR) is 105 cm³/mol. The van der Waals surface area contributed by atoms with Crippen molar-refractivity contribution in [2.24, 2.45) is 0 Å². The highest BCUT2D eigenvalue weighted by molar-refractivity contribution is 5.92. The van der Waals surface area contributed by atoms with Crippen LogP contribution in [0.2, 0.25) is 0 Å². The first-order chi connectivity index (χ1) is 14.4. The number of rotatable bonds is 7. The Bertz CT molecular complexity index is 878. The summed E-state index contributed by atoms with van der Waals surface area (Å²) in [5, 5.41) is 10.9. The molecule has 1 aromatic carbocycles. The molecular weight excluding hydrogens is 395 g/mol. The van der Waals surface area contributed by atoms with Gasteiger partial charge in [-0.25, -0.2) is 0 Å². The van der Waals surface area contributed by atoms with Crippen molar-refractivity contribution >= 4 is 5.91 Å². The highest BCUT2D eigenvalue weighted by Crippen LogP contribution is 2.33. The lowest BCUT2D eigenvalue weighted by Gasteiger charge is -2.36. The van der Waals surface area contributed by atoms with E-state index in [1.165, 1.54) is 6.07 Å². The minimum absolute atomic E-state index is 0.174. The lowest BCUT2D eigenvalue weighted by atomic mass is 9.97. The zero-order chi connectivity index (χ0) is 21.1. The van der Waals surface area contributed by atoms with Crippen LogP contribution in [-0.2, 0) is 19.3 Å². The molecular formula is C21H26F3N5O. The molecule has 0 unspecified atom stereocenters. The topological polar surface area (TPSA) is 63.1 Å². The number of nitrogens with zero attached hydrogens (tertiary/aromatic N) is 4. The molecule has 0 spiro atoms. The van der Waals surface area contributed by atoms with Crippen LogP contribution in [0.25, 0.3) is 0 Å². The summed E-state index contributed by atoms with van der Waals surface area (Å²) < 4.78 is 41.7. The zero-order valence-electron chi connectivity index (χ0n) is 16.7. The zero-order valence-corrected chi connectivity index (χ0v) is 16.7. The van der Waals surface area contributed by atoms with E-state index < -0.39 is 11.7 Å². The van der Waals surface area contributed by atoms with Gasteiger partial charge in [0.25, 0.3) is 5.91 Å². The summed E-state index contributed by atoms with van der Waals surface area (Å²) in [6.45, 7) is 1.64. The number of carbonyl (C=O) groups is 1. The second kappa shape index (κ2) is 8.75. The lowest BCUT2D eigenvalue weighted by molar-refractivity contribution is -0.138. The van der Waals surface area contributed by atoms with Gasteiger partial charge in [0.15, 0.2) is 5.69 Å². The largest absolute Gasteiger partial charge is 0.416 e. The Morgan fingerprint density at radius 3 is 2.73 bits per heavy atom. The third-order valence-electron chi connectivity index (χ3n) is 5.82. The molecule has 1 aliphatic heterocycles. The van der Waals surface area contributed by atoms with E-state index in [1.54, 1.807) is 23.0 Å². The van der Waals surface area contributed by atoms with Crippen LogP contribution >= 0.6 is 0 Å². The fourth-order valence-corrected chi connectivity index (χ4v) is 4.03. The minimum Gasteiger partial charge on any atom is -0.348 e. The second-order valence-corrected chi connectivity index (χ2v) is 8.18. The molecule has 30 heavy (non-hydrogen) atoms. The lowest BCUT2D eigenvalue weighted by Crippen LogP contribution is -2.40. The van der Waals surface area contributed by atoms with Gasteiger partial charge in [0.1, 0.15) is 0 Å². The van der Waals surface area contributed by atoms with E-state index in [0.717, 1.165) is 51.1 Å². The number of halogens is 3. The summed E-state index contributed by atoms with van der Waals surface area (Å²) in [5.74, 6) is -0.202. The van der Waals surface area contributed by atoms with Gasteiger partial charge in [-0.2, -0.15) is 13.2 Å². The molecule has 9 heteroatoms. The van der Waals surface area contributed by atoms with Crippen molar-refractivity contribution in [1.82, 2.24) is 25.2 Å². The fourth-order valence-electron chi connectivity index (χ4n) is 4.03. The number of carbonyl (C=O) groups excluding carboxylic acids is 1. The number of likely N-dealkylation sites (tertiary alicyclic amines) is 1. The minimum atomic E-state index is -4.35. The SMILES string of the molecule is O=C(NC1CC1)c1cn(CC[C@H]2CCCCN2Cc2ccccc2C(F)(F)F)nn1. The van der Waals surface area contributed by atoms with Gasteiger partial charge in [-0.15, -0.1) is 5.10 Å². The summed E-state index contributed by atoms with van der Waals surface area (Å²) in [5.41, 5.74) is 0.0649. The average molecular weight is 421 g/mol. The molecule has 1 atom stereocenters. The van der Waals surface area contributed by atoms with Crippen molar-refractivity contribution in [2.75, 3.05) is 6.54 Å². The molecule has 1 N–H and O–H groups in total. The third kappa shape index (κ3) is 5.19. The molecule has 1 saturated carbocycles. The van der Waals surface area contributed by atoms with Crippen LogP contribution in [0.4, 0.5) is 13.2 Å². The molecule has 0 bridgehead atoms. The van der Waals surface area contributed by atoms with Gasteiger partial charge in [-0.1, -0.05) is 29.8 Å². The number of aryl methyl sites for hydroxylation is 1. The molecule has 2 fully saturated rings. The van der Waals surface area contributed by atoms with Crippen molar-refractivity contribution in [3.8, 4) is 0 Å². The maximum Gasteiger partial charge on any atom is 0.416 e. The normalized spacial score (nSPS) is 20.3. The van der Waals surface area contributed by atoms with Crippen LogP contribution < -0.4 is 5.32 Å². The van der Waals surface area contributed by atoms with Crippen molar-refractivity contribution < 1.29 is 18.0 Å². The first-order valence-corrected chi connectivity index (χ1v) is 10.5. The van der Waals surface area contributed by atoms with E-state index in [0.29, 0.717) is 17.8 Å². The van der Waals surface area contributed by atoms with Gasteiger partial charge in [-0.3, -0.25) is 14.4 Å². The van der Waals surface area contributed by atoms with E-state index in [-0.39, 0.29) is 24.5 Å². The van der Waals surface area contributed by atoms with Gasteiger partial charge in [-0.05, 0) is 50.3 Å². The van der Waals surface area contributed by atoms with E-state index in [4.69, 9.17) is 0 Å². The van der Waals surface area contributed by atoms with Gasteiger partial charge < -0.3 is 5.32 Å². The molecule has 2 aliphatic rings. The number of hydrogen-bond acceptors (Lipinski definition) is 4. The second-order valence-electron chi connectivity index (χ2n) is 8.18. The van der Waals surface area contributed by atoms with E-state index in [9.17, 15) is 18.0 Å². The van der Waals surface area contributed by atoms with Gasteiger partial charge in [0, 0.05) is 25.2 Å². The highest BCUT2D eigenvalue weighted by atomic mass is 19.4. The number of nitrogens with one attached hydrogen (secondary N) is 1. The summed E-state index contributed by atoms with van der Waals surface area (Å²) in [6.07, 6.45) is 3.06. The Hall–Kier alpha value is -2.42. The van der Waals surface area contributed by atoms with Crippen LogP contribution in [0.1, 0.15) is 60.1 Å². The van der Waals surface area contributed by atoms with Crippen molar-refractivity contribution in [3.05, 3.63) is 47.3 Å². The number of aromatic nitrogens is 3. The monoisotopic (exact) mass is 421 g/mol. The predicted octanol–water partition coefficient (Wildman–Crippen LogP) is 3.63. The molecule has 1 amide bonds. The van der Waals surface area contributed by atoms with Gasteiger partial charge in [0.05, 0.1) is 11.8 Å². The van der Waals surface area contributed by atoms with Crippen LogP contribution in [0.15, 0.2) is 30.5 Å². The average Bonchev–Trinajstić information content (AvgIpc) is 3.40. The highest BCUT2D eigenvalue weighted by Gasteiger charge is 2.34. The molecule has 1 aromatic heterocycles. The van der Waals surface area contributed by atoms with Crippen molar-refractivity contribution in [2.45, 2.75) is 69.9 Å². The number of hydrogen-bond donors (Lipinski definition) is 1. The van der Waals surface area contributed by atoms with Crippen LogP contribution in [0.5, 0.6) is 0 Å². The Kier molecular flexibility index (Phi) is 6.08. The Labute approximate surface area is 173 Å². The Morgan fingerprint density at radius 1 is 1.17 bits per heavy atom. The van der Waals surface area contributed by atoms with E-state index >= 15 is 0 Å². The maximum atomic E-state index is 13.3. The molecule has 0 radical (unpaired) electrons. The van der Waals surface area contributed by atoms with Crippen molar-refractivity contribution in [1.29, 1.82) is 0 Å². The number of alkyl halides is 3. The summed E-state index contributed by atoms with van der Waals surface area (Å²) >= 11 is 0. The van der Waals surface area contributed by atoms with E-state index in [1.807, 2.05) is 0 Å². The molecule has 4 rings (SSSR count). The first kappa shape index (κ1) is 20.8. The molecule has 6 nitrogen and oxygen atoms in total. The molecule has 1 aliphatic carbocycles.